The van der Waals surface area contributed by atoms with Gasteiger partial charge in [0.05, 0.1) is 5.56 Å². The zero-order chi connectivity index (χ0) is 14.2. The van der Waals surface area contributed by atoms with Crippen molar-refractivity contribution in [1.82, 2.24) is 10.1 Å². The predicted octanol–water partition coefficient (Wildman–Crippen LogP) is 3.41. The molecule has 0 radical (unpaired) electrons. The number of carbonyl (C=O) groups excluding carboxylic acids is 1. The molecule has 0 aliphatic carbocycles. The number of aromatic nitrogens is 2. The number of hydrogen-bond donors (Lipinski definition) is 0. The molecule has 1 aromatic heterocycles. The highest BCUT2D eigenvalue weighted by Crippen LogP contribution is 2.29. The maximum atomic E-state index is 13.4. The highest BCUT2D eigenvalue weighted by Gasteiger charge is 2.27. The van der Waals surface area contributed by atoms with Crippen LogP contribution in [0.15, 0.2) is 22.7 Å². The van der Waals surface area contributed by atoms with E-state index < -0.39 is 11.2 Å². The topological polar surface area (TPSA) is 56.0 Å². The molecule has 0 fully saturated rings. The Balaban J connectivity index is 2.60. The first kappa shape index (κ1) is 13.4. The van der Waals surface area contributed by atoms with Gasteiger partial charge in [-0.3, -0.25) is 4.79 Å². The van der Waals surface area contributed by atoms with Crippen molar-refractivity contribution < 1.29 is 13.7 Å². The average Bonchev–Trinajstić information content (AvgIpc) is 2.73. The second-order valence-corrected chi connectivity index (χ2v) is 5.42. The van der Waals surface area contributed by atoms with Crippen LogP contribution in [0, 0.1) is 18.2 Å². The Labute approximate surface area is 110 Å². The Kier molecular flexibility index (Phi) is 3.22. The van der Waals surface area contributed by atoms with Crippen molar-refractivity contribution in [3.63, 3.8) is 0 Å². The maximum absolute atomic E-state index is 13.4. The number of ketones is 1. The summed E-state index contributed by atoms with van der Waals surface area (Å²) in [6.45, 7) is 7.09. The first-order valence-corrected chi connectivity index (χ1v) is 5.94. The fraction of sp³-hybridized carbons (Fsp3) is 0.357. The molecule has 0 atom stereocenters. The molecule has 0 aliphatic rings. The third-order valence-corrected chi connectivity index (χ3v) is 2.67. The van der Waals surface area contributed by atoms with Crippen molar-refractivity contribution in [2.45, 2.75) is 27.7 Å². The van der Waals surface area contributed by atoms with Gasteiger partial charge < -0.3 is 4.52 Å². The van der Waals surface area contributed by atoms with Crippen LogP contribution < -0.4 is 0 Å². The van der Waals surface area contributed by atoms with Crippen molar-refractivity contribution in [1.29, 1.82) is 0 Å². The van der Waals surface area contributed by atoms with E-state index >= 15 is 0 Å². The van der Waals surface area contributed by atoms with Crippen LogP contribution in [0.2, 0.25) is 0 Å². The van der Waals surface area contributed by atoms with Gasteiger partial charge >= 0.3 is 0 Å². The Hall–Kier alpha value is -2.04. The molecule has 0 N–H and O–H groups in total. The highest BCUT2D eigenvalue weighted by atomic mass is 19.1. The minimum absolute atomic E-state index is 0.0987. The lowest BCUT2D eigenvalue weighted by Gasteiger charge is -2.18. The van der Waals surface area contributed by atoms with Crippen LogP contribution >= 0.6 is 0 Å². The minimum atomic E-state index is -0.568. The summed E-state index contributed by atoms with van der Waals surface area (Å²) in [5, 5.41) is 3.67. The van der Waals surface area contributed by atoms with E-state index in [4.69, 9.17) is 4.52 Å². The number of halogens is 1. The van der Waals surface area contributed by atoms with Crippen LogP contribution in [0.5, 0.6) is 0 Å². The average molecular weight is 262 g/mol. The maximum Gasteiger partial charge on any atom is 0.258 e. The normalized spacial score (nSPS) is 11.6. The third-order valence-electron chi connectivity index (χ3n) is 2.67. The smallest absolute Gasteiger partial charge is 0.258 e. The molecule has 0 saturated carbocycles. The van der Waals surface area contributed by atoms with Crippen LogP contribution in [0.4, 0.5) is 4.39 Å². The number of carbonyl (C=O) groups is 1. The van der Waals surface area contributed by atoms with Crippen molar-refractivity contribution in [2.75, 3.05) is 0 Å². The van der Waals surface area contributed by atoms with E-state index in [9.17, 15) is 9.18 Å². The summed E-state index contributed by atoms with van der Waals surface area (Å²) < 4.78 is 18.4. The molecule has 19 heavy (non-hydrogen) atoms. The van der Waals surface area contributed by atoms with Gasteiger partial charge in [0.25, 0.3) is 5.89 Å². The quantitative estimate of drug-likeness (QED) is 0.778. The summed E-state index contributed by atoms with van der Waals surface area (Å²) in [7, 11) is 0. The summed E-state index contributed by atoms with van der Waals surface area (Å²) >= 11 is 0. The molecular formula is C14H15FN2O2. The number of Topliss-reactive ketones (excluding diaryl/α,β-unsaturated/α-hetero) is 1. The third kappa shape index (κ3) is 2.70. The molecule has 0 bridgehead atoms. The fourth-order valence-electron chi connectivity index (χ4n) is 1.70. The van der Waals surface area contributed by atoms with Gasteiger partial charge in [0.15, 0.2) is 11.6 Å². The van der Waals surface area contributed by atoms with Crippen molar-refractivity contribution >= 4 is 5.78 Å². The molecule has 4 nitrogen and oxygen atoms in total. The van der Waals surface area contributed by atoms with Gasteiger partial charge in [-0.25, -0.2) is 4.39 Å². The van der Waals surface area contributed by atoms with Crippen LogP contribution in [0.25, 0.3) is 11.5 Å². The standard InChI is InChI=1S/C14H15FN2O2/c1-8-16-13(19-17-8)11-7-9(15)5-6-10(11)12(18)14(2,3)4/h5-7H,1-4H3. The minimum Gasteiger partial charge on any atom is -0.334 e. The van der Waals surface area contributed by atoms with Gasteiger partial charge in [0, 0.05) is 11.0 Å². The molecule has 1 heterocycles. The van der Waals surface area contributed by atoms with Gasteiger partial charge in [-0.15, -0.1) is 0 Å². The molecular weight excluding hydrogens is 247 g/mol. The fourth-order valence-corrected chi connectivity index (χ4v) is 1.70. The van der Waals surface area contributed by atoms with E-state index in [2.05, 4.69) is 10.1 Å². The summed E-state index contributed by atoms with van der Waals surface area (Å²) in [6, 6.07) is 3.95. The van der Waals surface area contributed by atoms with Crippen molar-refractivity contribution in [3.8, 4) is 11.5 Å². The van der Waals surface area contributed by atoms with E-state index in [-0.39, 0.29) is 11.7 Å². The lowest BCUT2D eigenvalue weighted by atomic mass is 9.84. The van der Waals surface area contributed by atoms with E-state index in [0.717, 1.165) is 0 Å². The van der Waals surface area contributed by atoms with Gasteiger partial charge in [-0.1, -0.05) is 25.9 Å². The summed E-state index contributed by atoms with van der Waals surface area (Å²) in [5.41, 5.74) is 0.153. The number of aryl methyl sites for hydroxylation is 1. The summed E-state index contributed by atoms with van der Waals surface area (Å²) in [6.07, 6.45) is 0. The molecule has 5 heteroatoms. The second kappa shape index (κ2) is 4.57. The predicted molar refractivity (Wildman–Crippen MR) is 68.2 cm³/mol. The molecule has 0 unspecified atom stereocenters. The molecule has 0 aliphatic heterocycles. The first-order chi connectivity index (χ1) is 8.79. The highest BCUT2D eigenvalue weighted by molar-refractivity contribution is 6.04. The molecule has 0 amide bonds. The summed E-state index contributed by atoms with van der Waals surface area (Å²) in [4.78, 5) is 16.4. The molecule has 0 saturated heterocycles. The monoisotopic (exact) mass is 262 g/mol. The van der Waals surface area contributed by atoms with Crippen LogP contribution in [-0.4, -0.2) is 15.9 Å². The largest absolute Gasteiger partial charge is 0.334 e. The van der Waals surface area contributed by atoms with Gasteiger partial charge in [-0.2, -0.15) is 4.98 Å². The van der Waals surface area contributed by atoms with E-state index in [1.807, 2.05) is 20.8 Å². The molecule has 0 spiro atoms. The van der Waals surface area contributed by atoms with Gasteiger partial charge in [0.1, 0.15) is 5.82 Å². The molecule has 100 valence electrons. The van der Waals surface area contributed by atoms with Gasteiger partial charge in [-0.05, 0) is 25.1 Å². The molecule has 2 aromatic rings. The zero-order valence-electron chi connectivity index (χ0n) is 11.3. The lowest BCUT2D eigenvalue weighted by molar-refractivity contribution is 0.0858. The van der Waals surface area contributed by atoms with Crippen molar-refractivity contribution in [3.05, 3.63) is 35.4 Å². The SMILES string of the molecule is Cc1noc(-c2cc(F)ccc2C(=O)C(C)(C)C)n1. The Morgan fingerprint density at radius 3 is 2.53 bits per heavy atom. The first-order valence-electron chi connectivity index (χ1n) is 5.94. The molecule has 1 aromatic carbocycles. The number of hydrogen-bond acceptors (Lipinski definition) is 4. The lowest BCUT2D eigenvalue weighted by Crippen LogP contribution is -2.21. The molecule has 2 rings (SSSR count). The summed E-state index contributed by atoms with van der Waals surface area (Å²) in [5.74, 6) is 0.0488. The second-order valence-electron chi connectivity index (χ2n) is 5.42. The van der Waals surface area contributed by atoms with Crippen LogP contribution in [-0.2, 0) is 0 Å². The Morgan fingerprint density at radius 2 is 2.00 bits per heavy atom. The van der Waals surface area contributed by atoms with Crippen molar-refractivity contribution in [2.24, 2.45) is 5.41 Å². The van der Waals surface area contributed by atoms with Crippen LogP contribution in [0.1, 0.15) is 37.0 Å². The Bertz CT molecular complexity index is 627. The number of benzene rings is 1. The van der Waals surface area contributed by atoms with E-state index in [1.165, 1.54) is 18.2 Å². The number of rotatable bonds is 2. The number of nitrogens with zero attached hydrogens (tertiary/aromatic N) is 2. The van der Waals surface area contributed by atoms with E-state index in [0.29, 0.717) is 17.0 Å². The van der Waals surface area contributed by atoms with Gasteiger partial charge in [0.2, 0.25) is 0 Å². The van der Waals surface area contributed by atoms with Crippen LogP contribution in [0.3, 0.4) is 0 Å². The zero-order valence-corrected chi connectivity index (χ0v) is 11.3. The Morgan fingerprint density at radius 1 is 1.32 bits per heavy atom. The van der Waals surface area contributed by atoms with E-state index in [1.54, 1.807) is 6.92 Å².